The molecule has 0 aromatic carbocycles. The number of nitrogens with one attached hydrogen (secondary N) is 2. The summed E-state index contributed by atoms with van der Waals surface area (Å²) in [7, 11) is 0. The van der Waals surface area contributed by atoms with E-state index in [-0.39, 0.29) is 6.03 Å². The molecule has 3 rings (SSSR count). The minimum atomic E-state index is -0.175. The van der Waals surface area contributed by atoms with Crippen molar-refractivity contribution >= 4 is 33.8 Å². The molecular weight excluding hydrogens is 292 g/mol. The number of amides is 2. The van der Waals surface area contributed by atoms with Gasteiger partial charge in [0, 0.05) is 6.04 Å². The largest absolute Gasteiger partial charge is 0.335 e. The van der Waals surface area contributed by atoms with Crippen molar-refractivity contribution in [2.75, 3.05) is 5.32 Å². The van der Waals surface area contributed by atoms with E-state index in [9.17, 15) is 4.79 Å². The molecule has 1 saturated carbocycles. The van der Waals surface area contributed by atoms with Crippen molar-refractivity contribution in [3.63, 3.8) is 0 Å². The summed E-state index contributed by atoms with van der Waals surface area (Å²) in [5, 5.41) is 17.3. The number of nitrogens with zero attached hydrogens (tertiary/aromatic N) is 2. The topological polar surface area (TPSA) is 66.9 Å². The van der Waals surface area contributed by atoms with E-state index in [0.717, 1.165) is 22.7 Å². The summed E-state index contributed by atoms with van der Waals surface area (Å²) in [5.41, 5.74) is 0. The van der Waals surface area contributed by atoms with Crippen LogP contribution in [-0.4, -0.2) is 22.3 Å². The SMILES string of the molecule is O=C(Nc1nnc(-c2cccs2)s1)NC1CCCCC1. The highest BCUT2D eigenvalue weighted by Gasteiger charge is 2.16. The molecule has 0 spiro atoms. The first-order valence-electron chi connectivity index (χ1n) is 6.76. The standard InChI is InChI=1S/C13H16N4OS2/c18-12(14-9-5-2-1-3-6-9)15-13-17-16-11(20-13)10-7-4-8-19-10/h4,7-9H,1-3,5-6H2,(H2,14,15,17,18). The molecule has 2 N–H and O–H groups in total. The van der Waals surface area contributed by atoms with E-state index in [1.165, 1.54) is 30.6 Å². The second-order valence-electron chi connectivity index (χ2n) is 4.82. The lowest BCUT2D eigenvalue weighted by Gasteiger charge is -2.22. The first-order chi connectivity index (χ1) is 9.81. The lowest BCUT2D eigenvalue weighted by Crippen LogP contribution is -2.38. The van der Waals surface area contributed by atoms with Crippen LogP contribution in [-0.2, 0) is 0 Å². The Morgan fingerprint density at radius 2 is 2.10 bits per heavy atom. The molecule has 0 unspecified atom stereocenters. The summed E-state index contributed by atoms with van der Waals surface area (Å²) in [4.78, 5) is 13.0. The second kappa shape index (κ2) is 6.32. The quantitative estimate of drug-likeness (QED) is 0.908. The van der Waals surface area contributed by atoms with Crippen LogP contribution in [0, 0.1) is 0 Å². The smallest absolute Gasteiger partial charge is 0.321 e. The average Bonchev–Trinajstić information content (AvgIpc) is 3.10. The zero-order chi connectivity index (χ0) is 13.8. The molecule has 7 heteroatoms. The Balaban J connectivity index is 1.56. The number of hydrogen-bond donors (Lipinski definition) is 2. The number of aromatic nitrogens is 2. The van der Waals surface area contributed by atoms with Gasteiger partial charge in [-0.2, -0.15) is 0 Å². The van der Waals surface area contributed by atoms with Gasteiger partial charge in [-0.25, -0.2) is 4.79 Å². The van der Waals surface area contributed by atoms with Gasteiger partial charge < -0.3 is 5.32 Å². The Hall–Kier alpha value is -1.47. The van der Waals surface area contributed by atoms with E-state index in [4.69, 9.17) is 0 Å². The van der Waals surface area contributed by atoms with Crippen LogP contribution >= 0.6 is 22.7 Å². The van der Waals surface area contributed by atoms with Crippen LogP contribution in [0.25, 0.3) is 9.88 Å². The molecule has 2 aromatic rings. The first-order valence-corrected chi connectivity index (χ1v) is 8.46. The molecule has 2 heterocycles. The van der Waals surface area contributed by atoms with Crippen molar-refractivity contribution in [1.29, 1.82) is 0 Å². The van der Waals surface area contributed by atoms with E-state index < -0.39 is 0 Å². The molecule has 2 aromatic heterocycles. The summed E-state index contributed by atoms with van der Waals surface area (Å²) in [6.07, 6.45) is 5.83. The van der Waals surface area contributed by atoms with Gasteiger partial charge in [0.15, 0.2) is 5.01 Å². The number of hydrogen-bond acceptors (Lipinski definition) is 5. The predicted molar refractivity (Wildman–Crippen MR) is 82.2 cm³/mol. The highest BCUT2D eigenvalue weighted by molar-refractivity contribution is 7.23. The fourth-order valence-electron chi connectivity index (χ4n) is 2.34. The molecule has 1 aliphatic rings. The van der Waals surface area contributed by atoms with Gasteiger partial charge in [0.25, 0.3) is 0 Å². The number of rotatable bonds is 3. The van der Waals surface area contributed by atoms with Crippen LogP contribution in [0.3, 0.4) is 0 Å². The van der Waals surface area contributed by atoms with Gasteiger partial charge in [0.05, 0.1) is 4.88 Å². The molecule has 106 valence electrons. The molecular formula is C13H16N4OS2. The van der Waals surface area contributed by atoms with E-state index in [1.54, 1.807) is 11.3 Å². The second-order valence-corrected chi connectivity index (χ2v) is 6.75. The fourth-order valence-corrected chi connectivity index (χ4v) is 3.87. The minimum Gasteiger partial charge on any atom is -0.335 e. The maximum Gasteiger partial charge on any atom is 0.321 e. The average molecular weight is 308 g/mol. The summed E-state index contributed by atoms with van der Waals surface area (Å²) < 4.78 is 0. The van der Waals surface area contributed by atoms with Crippen LogP contribution in [0.5, 0.6) is 0 Å². The molecule has 2 amide bonds. The van der Waals surface area contributed by atoms with Gasteiger partial charge >= 0.3 is 6.03 Å². The Labute approximate surface area is 125 Å². The first kappa shape index (κ1) is 13.5. The van der Waals surface area contributed by atoms with Crippen LogP contribution in [0.4, 0.5) is 9.93 Å². The van der Waals surface area contributed by atoms with E-state index in [2.05, 4.69) is 20.8 Å². The predicted octanol–water partition coefficient (Wildman–Crippen LogP) is 3.72. The van der Waals surface area contributed by atoms with Crippen molar-refractivity contribution in [3.05, 3.63) is 17.5 Å². The van der Waals surface area contributed by atoms with Crippen molar-refractivity contribution in [1.82, 2.24) is 15.5 Å². The summed E-state index contributed by atoms with van der Waals surface area (Å²) in [6.45, 7) is 0. The van der Waals surface area contributed by atoms with Crippen LogP contribution in [0.1, 0.15) is 32.1 Å². The highest BCUT2D eigenvalue weighted by atomic mass is 32.1. The van der Waals surface area contributed by atoms with Gasteiger partial charge in [0.1, 0.15) is 0 Å². The highest BCUT2D eigenvalue weighted by Crippen LogP contribution is 2.29. The Morgan fingerprint density at radius 3 is 2.85 bits per heavy atom. The fraction of sp³-hybridized carbons (Fsp3) is 0.462. The van der Waals surface area contributed by atoms with Crippen molar-refractivity contribution in [2.45, 2.75) is 38.1 Å². The van der Waals surface area contributed by atoms with Gasteiger partial charge in [0.2, 0.25) is 5.13 Å². The number of carbonyl (C=O) groups is 1. The van der Waals surface area contributed by atoms with Gasteiger partial charge in [-0.15, -0.1) is 21.5 Å². The summed E-state index contributed by atoms with van der Waals surface area (Å²) in [6, 6.07) is 4.10. The molecule has 0 saturated heterocycles. The molecule has 5 nitrogen and oxygen atoms in total. The molecule has 0 bridgehead atoms. The molecule has 0 aliphatic heterocycles. The Kier molecular flexibility index (Phi) is 4.27. The molecule has 20 heavy (non-hydrogen) atoms. The molecule has 1 fully saturated rings. The summed E-state index contributed by atoms with van der Waals surface area (Å²) >= 11 is 3.01. The molecule has 1 aliphatic carbocycles. The third kappa shape index (κ3) is 3.34. The Morgan fingerprint density at radius 1 is 1.25 bits per heavy atom. The van der Waals surface area contributed by atoms with Crippen LogP contribution < -0.4 is 10.6 Å². The van der Waals surface area contributed by atoms with E-state index in [0.29, 0.717) is 11.2 Å². The van der Waals surface area contributed by atoms with Crippen molar-refractivity contribution in [3.8, 4) is 9.88 Å². The maximum absolute atomic E-state index is 11.9. The lowest BCUT2D eigenvalue weighted by atomic mass is 9.96. The number of anilines is 1. The number of urea groups is 1. The number of thiophene rings is 1. The van der Waals surface area contributed by atoms with Crippen molar-refractivity contribution in [2.24, 2.45) is 0 Å². The number of carbonyl (C=O) groups excluding carboxylic acids is 1. The maximum atomic E-state index is 11.9. The minimum absolute atomic E-state index is 0.175. The van der Waals surface area contributed by atoms with E-state index >= 15 is 0 Å². The van der Waals surface area contributed by atoms with Gasteiger partial charge in [-0.05, 0) is 24.3 Å². The monoisotopic (exact) mass is 308 g/mol. The van der Waals surface area contributed by atoms with Gasteiger partial charge in [-0.3, -0.25) is 5.32 Å². The van der Waals surface area contributed by atoms with E-state index in [1.807, 2.05) is 17.5 Å². The lowest BCUT2D eigenvalue weighted by molar-refractivity contribution is 0.244. The third-order valence-electron chi connectivity index (χ3n) is 3.32. The normalized spacial score (nSPS) is 16.0. The van der Waals surface area contributed by atoms with Crippen molar-refractivity contribution < 1.29 is 4.79 Å². The zero-order valence-electron chi connectivity index (χ0n) is 11.0. The van der Waals surface area contributed by atoms with Crippen LogP contribution in [0.2, 0.25) is 0 Å². The molecule has 0 atom stereocenters. The Bertz CT molecular complexity index is 561. The van der Waals surface area contributed by atoms with Gasteiger partial charge in [-0.1, -0.05) is 36.7 Å². The van der Waals surface area contributed by atoms with Crippen LogP contribution in [0.15, 0.2) is 17.5 Å². The third-order valence-corrected chi connectivity index (χ3v) is 5.20. The molecule has 0 radical (unpaired) electrons. The summed E-state index contributed by atoms with van der Waals surface area (Å²) in [5.74, 6) is 0. The zero-order valence-corrected chi connectivity index (χ0v) is 12.6.